The van der Waals surface area contributed by atoms with Gasteiger partial charge in [0.1, 0.15) is 5.88 Å². The lowest BCUT2D eigenvalue weighted by atomic mass is 9.97. The van der Waals surface area contributed by atoms with E-state index in [-0.39, 0.29) is 11.8 Å². The minimum atomic E-state index is -0.108. The Morgan fingerprint density at radius 3 is 2.53 bits per heavy atom. The van der Waals surface area contributed by atoms with Crippen molar-refractivity contribution in [1.82, 2.24) is 5.32 Å². The monoisotopic (exact) mass is 253 g/mol. The zero-order valence-electron chi connectivity index (χ0n) is 10.5. The first kappa shape index (κ1) is 14.0. The van der Waals surface area contributed by atoms with Crippen LogP contribution in [0.15, 0.2) is 24.3 Å². The lowest BCUT2D eigenvalue weighted by molar-refractivity contribution is -0.118. The second-order valence-corrected chi connectivity index (χ2v) is 4.55. The number of hydrogen-bond acceptors (Lipinski definition) is 1. The van der Waals surface area contributed by atoms with Crippen LogP contribution in [0.25, 0.3) is 0 Å². The molecule has 0 radical (unpaired) electrons. The molecular weight excluding hydrogens is 234 g/mol. The van der Waals surface area contributed by atoms with Crippen LogP contribution in [0.5, 0.6) is 0 Å². The smallest absolute Gasteiger partial charge is 0.234 e. The third-order valence-corrected chi connectivity index (χ3v) is 3.26. The molecule has 1 aromatic carbocycles. The van der Waals surface area contributed by atoms with E-state index < -0.39 is 0 Å². The topological polar surface area (TPSA) is 29.1 Å². The minimum absolute atomic E-state index is 0.0347. The van der Waals surface area contributed by atoms with E-state index in [0.29, 0.717) is 12.5 Å². The zero-order chi connectivity index (χ0) is 12.7. The van der Waals surface area contributed by atoms with E-state index >= 15 is 0 Å². The maximum Gasteiger partial charge on any atom is 0.234 e. The average molecular weight is 254 g/mol. The molecule has 0 aliphatic rings. The normalized spacial score (nSPS) is 12.2. The number of halogens is 1. The summed E-state index contributed by atoms with van der Waals surface area (Å²) in [4.78, 5) is 10.9. The fraction of sp³-hybridized carbons (Fsp3) is 0.500. The summed E-state index contributed by atoms with van der Waals surface area (Å²) in [7, 11) is 0. The van der Waals surface area contributed by atoms with Crippen LogP contribution in [0.3, 0.4) is 0 Å². The van der Waals surface area contributed by atoms with E-state index in [9.17, 15) is 4.79 Å². The first-order chi connectivity index (χ1) is 8.17. The van der Waals surface area contributed by atoms with E-state index in [1.54, 1.807) is 0 Å². The van der Waals surface area contributed by atoms with Crippen LogP contribution in [-0.2, 0) is 11.2 Å². The van der Waals surface area contributed by atoms with E-state index in [0.717, 1.165) is 12.8 Å². The molecular formula is C14H20ClNO. The van der Waals surface area contributed by atoms with Crippen molar-refractivity contribution in [1.29, 1.82) is 0 Å². The van der Waals surface area contributed by atoms with Gasteiger partial charge in [0.15, 0.2) is 0 Å². The molecule has 0 saturated heterocycles. The van der Waals surface area contributed by atoms with Crippen LogP contribution >= 0.6 is 11.6 Å². The SMILES string of the molecule is CCC(C)c1ccc(CCNC(=O)CCl)cc1. The Labute approximate surface area is 108 Å². The Morgan fingerprint density at radius 1 is 1.35 bits per heavy atom. The van der Waals surface area contributed by atoms with Gasteiger partial charge < -0.3 is 5.32 Å². The number of carbonyl (C=O) groups excluding carboxylic acids is 1. The van der Waals surface area contributed by atoms with E-state index in [2.05, 4.69) is 43.4 Å². The third kappa shape index (κ3) is 4.78. The Bertz CT molecular complexity index is 348. The van der Waals surface area contributed by atoms with Gasteiger partial charge in [0.05, 0.1) is 0 Å². The van der Waals surface area contributed by atoms with Crippen LogP contribution in [0.2, 0.25) is 0 Å². The van der Waals surface area contributed by atoms with Crippen molar-refractivity contribution in [3.05, 3.63) is 35.4 Å². The van der Waals surface area contributed by atoms with Gasteiger partial charge in [-0.25, -0.2) is 0 Å². The molecule has 1 rings (SSSR count). The molecule has 1 amide bonds. The largest absolute Gasteiger partial charge is 0.355 e. The summed E-state index contributed by atoms with van der Waals surface area (Å²) in [6.07, 6.45) is 2.01. The first-order valence-electron chi connectivity index (χ1n) is 6.08. The molecule has 0 fully saturated rings. The third-order valence-electron chi connectivity index (χ3n) is 3.02. The maximum absolute atomic E-state index is 10.9. The summed E-state index contributed by atoms with van der Waals surface area (Å²) in [5, 5.41) is 2.76. The molecule has 0 bridgehead atoms. The van der Waals surface area contributed by atoms with Crippen LogP contribution in [0.1, 0.15) is 37.3 Å². The summed E-state index contributed by atoms with van der Waals surface area (Å²) in [6.45, 7) is 5.07. The number of hydrogen-bond donors (Lipinski definition) is 1. The van der Waals surface area contributed by atoms with E-state index in [1.165, 1.54) is 11.1 Å². The van der Waals surface area contributed by atoms with Gasteiger partial charge >= 0.3 is 0 Å². The van der Waals surface area contributed by atoms with Crippen molar-refractivity contribution in [2.75, 3.05) is 12.4 Å². The number of nitrogens with one attached hydrogen (secondary N) is 1. The van der Waals surface area contributed by atoms with Crippen LogP contribution in [-0.4, -0.2) is 18.3 Å². The second-order valence-electron chi connectivity index (χ2n) is 4.28. The van der Waals surface area contributed by atoms with Gasteiger partial charge in [-0.15, -0.1) is 11.6 Å². The van der Waals surface area contributed by atoms with E-state index in [4.69, 9.17) is 11.6 Å². The molecule has 0 heterocycles. The molecule has 1 N–H and O–H groups in total. The number of alkyl halides is 1. The van der Waals surface area contributed by atoms with Gasteiger partial charge in [0, 0.05) is 6.54 Å². The van der Waals surface area contributed by atoms with Crippen molar-refractivity contribution >= 4 is 17.5 Å². The second kappa shape index (κ2) is 7.33. The van der Waals surface area contributed by atoms with E-state index in [1.807, 2.05) is 0 Å². The Hall–Kier alpha value is -1.02. The molecule has 0 saturated carbocycles. The minimum Gasteiger partial charge on any atom is -0.355 e. The molecule has 1 aromatic rings. The Kier molecular flexibility index (Phi) is 6.06. The molecule has 17 heavy (non-hydrogen) atoms. The fourth-order valence-corrected chi connectivity index (χ4v) is 1.74. The van der Waals surface area contributed by atoms with Gasteiger partial charge in [0.2, 0.25) is 5.91 Å². The number of carbonyl (C=O) groups is 1. The molecule has 94 valence electrons. The molecule has 2 nitrogen and oxygen atoms in total. The first-order valence-corrected chi connectivity index (χ1v) is 6.62. The summed E-state index contributed by atoms with van der Waals surface area (Å²) >= 11 is 5.39. The fourth-order valence-electron chi connectivity index (χ4n) is 1.64. The maximum atomic E-state index is 10.9. The highest BCUT2D eigenvalue weighted by Crippen LogP contribution is 2.18. The Morgan fingerprint density at radius 2 is 2.00 bits per heavy atom. The van der Waals surface area contributed by atoms with Crippen molar-refractivity contribution in [2.24, 2.45) is 0 Å². The van der Waals surface area contributed by atoms with Crippen molar-refractivity contribution < 1.29 is 4.79 Å². The van der Waals surface area contributed by atoms with Gasteiger partial charge in [-0.3, -0.25) is 4.79 Å². The van der Waals surface area contributed by atoms with Crippen molar-refractivity contribution in [3.8, 4) is 0 Å². The van der Waals surface area contributed by atoms with Crippen LogP contribution < -0.4 is 5.32 Å². The molecule has 1 atom stereocenters. The van der Waals surface area contributed by atoms with Gasteiger partial charge in [-0.05, 0) is 29.9 Å². The number of amides is 1. The standard InChI is InChI=1S/C14H20ClNO/c1-3-11(2)13-6-4-12(5-7-13)8-9-16-14(17)10-15/h4-7,11H,3,8-10H2,1-2H3,(H,16,17). The summed E-state index contributed by atoms with van der Waals surface area (Å²) < 4.78 is 0. The molecule has 1 unspecified atom stereocenters. The highest BCUT2D eigenvalue weighted by atomic mass is 35.5. The zero-order valence-corrected chi connectivity index (χ0v) is 11.3. The van der Waals surface area contributed by atoms with Crippen LogP contribution in [0.4, 0.5) is 0 Å². The van der Waals surface area contributed by atoms with Crippen LogP contribution in [0, 0.1) is 0 Å². The van der Waals surface area contributed by atoms with Gasteiger partial charge in [-0.1, -0.05) is 38.1 Å². The molecule has 0 spiro atoms. The van der Waals surface area contributed by atoms with Crippen molar-refractivity contribution in [3.63, 3.8) is 0 Å². The highest BCUT2D eigenvalue weighted by molar-refractivity contribution is 6.27. The molecule has 0 aliphatic heterocycles. The Balaban J connectivity index is 2.43. The number of rotatable bonds is 6. The summed E-state index contributed by atoms with van der Waals surface area (Å²) in [5.74, 6) is 0.537. The predicted octanol–water partition coefficient (Wildman–Crippen LogP) is 3.10. The lowest BCUT2D eigenvalue weighted by Gasteiger charge is -2.10. The summed E-state index contributed by atoms with van der Waals surface area (Å²) in [6, 6.07) is 8.61. The molecule has 0 aliphatic carbocycles. The molecule has 0 aromatic heterocycles. The quantitative estimate of drug-likeness (QED) is 0.776. The van der Waals surface area contributed by atoms with Gasteiger partial charge in [-0.2, -0.15) is 0 Å². The summed E-state index contributed by atoms with van der Waals surface area (Å²) in [5.41, 5.74) is 2.62. The lowest BCUT2D eigenvalue weighted by Crippen LogP contribution is -2.26. The number of benzene rings is 1. The highest BCUT2D eigenvalue weighted by Gasteiger charge is 2.02. The van der Waals surface area contributed by atoms with Crippen molar-refractivity contribution in [2.45, 2.75) is 32.6 Å². The molecule has 3 heteroatoms. The predicted molar refractivity (Wildman–Crippen MR) is 72.6 cm³/mol. The van der Waals surface area contributed by atoms with Gasteiger partial charge in [0.25, 0.3) is 0 Å². The average Bonchev–Trinajstić information content (AvgIpc) is 2.38.